The highest BCUT2D eigenvalue weighted by molar-refractivity contribution is 7.93. The number of benzene rings is 1. The van der Waals surface area contributed by atoms with Gasteiger partial charge in [0.1, 0.15) is 10.0 Å². The van der Waals surface area contributed by atoms with E-state index in [1.165, 1.54) is 12.1 Å². The first-order valence-electron chi connectivity index (χ1n) is 11.3. The van der Waals surface area contributed by atoms with Crippen molar-refractivity contribution in [3.8, 4) is 0 Å². The van der Waals surface area contributed by atoms with Crippen LogP contribution in [0.5, 0.6) is 0 Å². The zero-order valence-electron chi connectivity index (χ0n) is 19.2. The van der Waals surface area contributed by atoms with Gasteiger partial charge in [-0.1, -0.05) is 41.9 Å². The molecule has 8 nitrogen and oxygen atoms in total. The Morgan fingerprint density at radius 1 is 0.972 bits per heavy atom. The highest BCUT2D eigenvalue weighted by Gasteiger charge is 2.23. The van der Waals surface area contributed by atoms with Crippen molar-refractivity contribution in [1.82, 2.24) is 19.8 Å². The molecule has 0 aliphatic carbocycles. The lowest BCUT2D eigenvalue weighted by Gasteiger charge is -2.34. The maximum absolute atomic E-state index is 13.0. The molecule has 1 amide bonds. The van der Waals surface area contributed by atoms with Gasteiger partial charge in [-0.2, -0.15) is 0 Å². The van der Waals surface area contributed by atoms with Gasteiger partial charge in [-0.25, -0.2) is 13.4 Å². The Morgan fingerprint density at radius 3 is 2.50 bits per heavy atom. The predicted molar refractivity (Wildman–Crippen MR) is 137 cm³/mol. The van der Waals surface area contributed by atoms with Crippen LogP contribution in [0.2, 0.25) is 5.15 Å². The fourth-order valence-corrected chi connectivity index (χ4v) is 5.41. The Labute approximate surface area is 214 Å². The third-order valence-electron chi connectivity index (χ3n) is 5.96. The molecule has 2 aromatic carbocycles. The predicted octanol–water partition coefficient (Wildman–Crippen LogP) is 3.64. The van der Waals surface area contributed by atoms with Gasteiger partial charge in [-0.05, 0) is 42.0 Å². The zero-order chi connectivity index (χ0) is 25.1. The van der Waals surface area contributed by atoms with Gasteiger partial charge in [0.15, 0.2) is 0 Å². The molecule has 1 saturated heterocycles. The zero-order valence-corrected chi connectivity index (χ0v) is 20.8. The number of anilines is 1. The third kappa shape index (κ3) is 5.26. The average Bonchev–Trinajstić information content (AvgIpc) is 2.90. The van der Waals surface area contributed by atoms with Gasteiger partial charge in [0.05, 0.1) is 16.8 Å². The normalized spacial score (nSPS) is 14.4. The number of hydrogen-bond donors (Lipinski definition) is 1. The molecule has 3 heterocycles. The second-order valence-electron chi connectivity index (χ2n) is 8.40. The van der Waals surface area contributed by atoms with E-state index in [0.29, 0.717) is 29.3 Å². The molecule has 1 aliphatic heterocycles. The van der Waals surface area contributed by atoms with Crippen LogP contribution in [0.25, 0.3) is 10.9 Å². The first-order valence-corrected chi connectivity index (χ1v) is 13.2. The Kier molecular flexibility index (Phi) is 6.74. The smallest absolute Gasteiger partial charge is 0.264 e. The summed E-state index contributed by atoms with van der Waals surface area (Å²) in [4.78, 5) is 25.4. The van der Waals surface area contributed by atoms with Crippen molar-refractivity contribution in [1.29, 1.82) is 0 Å². The Bertz CT molecular complexity index is 1480. The Hall–Kier alpha value is -3.71. The Balaban J connectivity index is 1.21. The van der Waals surface area contributed by atoms with Crippen molar-refractivity contribution in [3.05, 3.63) is 95.4 Å². The molecule has 4 aromatic rings. The molecule has 2 aromatic heterocycles. The summed E-state index contributed by atoms with van der Waals surface area (Å²) >= 11 is 5.85. The fraction of sp³-hybridized carbons (Fsp3) is 0.192. The minimum absolute atomic E-state index is 0.0707. The number of rotatable bonds is 6. The van der Waals surface area contributed by atoms with Crippen LogP contribution in [-0.2, 0) is 16.6 Å². The number of hydrogen-bond acceptors (Lipinski definition) is 6. The molecule has 0 atom stereocenters. The van der Waals surface area contributed by atoms with Gasteiger partial charge < -0.3 is 4.90 Å². The minimum atomic E-state index is -3.90. The van der Waals surface area contributed by atoms with Gasteiger partial charge in [-0.3, -0.25) is 19.4 Å². The van der Waals surface area contributed by atoms with Crippen LogP contribution < -0.4 is 4.72 Å². The van der Waals surface area contributed by atoms with Crippen LogP contribution >= 0.6 is 11.6 Å². The number of sulfonamides is 1. The quantitative estimate of drug-likeness (QED) is 0.391. The number of aromatic nitrogens is 2. The lowest BCUT2D eigenvalue weighted by molar-refractivity contribution is 0.0628. The summed E-state index contributed by atoms with van der Waals surface area (Å²) in [5.74, 6) is -0.160. The second kappa shape index (κ2) is 10.1. The van der Waals surface area contributed by atoms with Crippen molar-refractivity contribution >= 4 is 44.1 Å². The van der Waals surface area contributed by atoms with E-state index in [9.17, 15) is 13.2 Å². The van der Waals surface area contributed by atoms with Gasteiger partial charge in [0.25, 0.3) is 15.9 Å². The van der Waals surface area contributed by atoms with E-state index in [0.717, 1.165) is 30.6 Å². The van der Waals surface area contributed by atoms with Crippen LogP contribution in [-0.4, -0.2) is 60.3 Å². The number of amides is 1. The average molecular weight is 520 g/mol. The molecular weight excluding hydrogens is 498 g/mol. The maximum Gasteiger partial charge on any atom is 0.264 e. The summed E-state index contributed by atoms with van der Waals surface area (Å²) < 4.78 is 28.5. The molecular formula is C26H22ClN5O3S. The number of carbonyl (C=O) groups excluding carboxylic acids is 1. The summed E-state index contributed by atoms with van der Waals surface area (Å²) in [5.41, 5.74) is 1.98. The highest BCUT2D eigenvalue weighted by Crippen LogP contribution is 2.23. The third-order valence-corrected chi connectivity index (χ3v) is 7.58. The number of carbonyl (C=O) groups is 1. The molecule has 182 valence electrons. The summed E-state index contributed by atoms with van der Waals surface area (Å²) in [6.07, 6.45) is 3.31. The van der Waals surface area contributed by atoms with Crippen molar-refractivity contribution in [2.75, 3.05) is 30.9 Å². The molecule has 0 unspecified atom stereocenters. The number of pyridine rings is 2. The largest absolute Gasteiger partial charge is 0.336 e. The van der Waals surface area contributed by atoms with Crippen LogP contribution in [0.4, 0.5) is 5.69 Å². The van der Waals surface area contributed by atoms with Crippen molar-refractivity contribution in [2.45, 2.75) is 11.4 Å². The van der Waals surface area contributed by atoms with E-state index < -0.39 is 10.0 Å². The van der Waals surface area contributed by atoms with Crippen LogP contribution in [0.15, 0.2) is 71.9 Å². The van der Waals surface area contributed by atoms with Crippen molar-refractivity contribution in [2.24, 2.45) is 0 Å². The van der Waals surface area contributed by atoms with E-state index in [4.69, 9.17) is 11.6 Å². The van der Waals surface area contributed by atoms with Crippen LogP contribution in [0.3, 0.4) is 0 Å². The van der Waals surface area contributed by atoms with Gasteiger partial charge in [-0.15, -0.1) is 0 Å². The number of nitrogens with zero attached hydrogens (tertiary/aromatic N) is 4. The summed E-state index contributed by atoms with van der Waals surface area (Å²) in [5, 5.41) is 1.19. The molecule has 10 heteroatoms. The van der Waals surface area contributed by atoms with Crippen molar-refractivity contribution in [3.63, 3.8) is 0 Å². The van der Waals surface area contributed by atoms with E-state index in [2.05, 4.69) is 31.7 Å². The number of piperazine rings is 1. The monoisotopic (exact) mass is 519 g/mol. The number of nitrogens with one attached hydrogen (secondary N) is 1. The number of fused-ring (bicyclic) bond motifs is 1. The summed E-state index contributed by atoms with van der Waals surface area (Å²) in [6, 6.07) is 20.9. The molecule has 1 fully saturated rings. The first-order chi connectivity index (χ1) is 17.4. The summed E-state index contributed by atoms with van der Waals surface area (Å²) in [6.45, 7) is 3.36. The molecule has 0 spiro atoms. The van der Waals surface area contributed by atoms with Gasteiger partial charge in [0, 0.05) is 50.5 Å². The standard InChI is InChI=1S/C26H22ClN5O3S/c27-24-11-6-19(17-29-24)18-31-13-15-32(16-14-31)26(33)21-7-9-22(10-8-21)30-36(34,35)23-5-1-3-20-4-2-12-28-25(20)23/h1-7,9,11-12,17,30H,13-16,18H2. The molecule has 36 heavy (non-hydrogen) atoms. The van der Waals surface area contributed by atoms with E-state index in [1.807, 2.05) is 6.07 Å². The molecule has 1 N–H and O–H groups in total. The molecule has 0 saturated carbocycles. The topological polar surface area (TPSA) is 95.5 Å². The SMILES string of the molecule is O=C(c1c#cc(NS(=O)(=O)c2cccc3cccnc23)cc1)N1CCN(Cc2ccc(Cl)nc2)CC1. The second-order valence-corrected chi connectivity index (χ2v) is 10.4. The molecule has 0 bridgehead atoms. The van der Waals surface area contributed by atoms with Gasteiger partial charge >= 0.3 is 0 Å². The number of halogens is 1. The highest BCUT2D eigenvalue weighted by atomic mass is 35.5. The van der Waals surface area contributed by atoms with E-state index in [1.54, 1.807) is 53.7 Å². The Morgan fingerprint density at radius 2 is 1.78 bits per heavy atom. The first kappa shape index (κ1) is 24.0. The van der Waals surface area contributed by atoms with Gasteiger partial charge in [0.2, 0.25) is 0 Å². The fourth-order valence-electron chi connectivity index (χ4n) is 4.10. The number of para-hydroxylation sites is 1. The lowest BCUT2D eigenvalue weighted by Crippen LogP contribution is -2.48. The molecule has 1 aliphatic rings. The van der Waals surface area contributed by atoms with E-state index >= 15 is 0 Å². The summed E-state index contributed by atoms with van der Waals surface area (Å²) in [7, 11) is -3.90. The van der Waals surface area contributed by atoms with E-state index in [-0.39, 0.29) is 16.5 Å². The molecule has 5 rings (SSSR count). The molecule has 0 radical (unpaired) electrons. The van der Waals surface area contributed by atoms with Crippen molar-refractivity contribution < 1.29 is 13.2 Å². The maximum atomic E-state index is 13.0. The lowest BCUT2D eigenvalue weighted by atomic mass is 10.2. The minimum Gasteiger partial charge on any atom is -0.336 e. The van der Waals surface area contributed by atoms with Crippen LogP contribution in [0, 0.1) is 12.1 Å². The van der Waals surface area contributed by atoms with Crippen LogP contribution in [0.1, 0.15) is 15.9 Å².